The number of phenols is 1. The Morgan fingerprint density at radius 1 is 0.914 bits per heavy atom. The number of rotatable bonds is 2. The number of likely N-dealkylation sites (tertiary alicyclic amines) is 1. The van der Waals surface area contributed by atoms with Crippen LogP contribution in [-0.2, 0) is 24.7 Å². The molecular weight excluding hydrogens is 430 g/mol. The summed E-state index contributed by atoms with van der Waals surface area (Å²) in [5.41, 5.74) is 8.28. The fourth-order valence-electron chi connectivity index (χ4n) is 7.98. The Morgan fingerprint density at radius 2 is 1.63 bits per heavy atom. The van der Waals surface area contributed by atoms with Gasteiger partial charge in [-0.2, -0.15) is 0 Å². The fourth-order valence-corrected chi connectivity index (χ4v) is 7.98. The van der Waals surface area contributed by atoms with Crippen LogP contribution < -0.4 is 4.74 Å². The van der Waals surface area contributed by atoms with Crippen molar-refractivity contribution in [2.24, 2.45) is 5.92 Å². The molecule has 3 aromatic rings. The first kappa shape index (κ1) is 21.3. The van der Waals surface area contributed by atoms with E-state index in [1.165, 1.54) is 34.2 Å². The second kappa shape index (κ2) is 7.99. The zero-order chi connectivity index (χ0) is 23.6. The second-order valence-electron chi connectivity index (χ2n) is 10.8. The standard InChI is InChI=1S/C32H33NO2/c1-35-28-16-15-23-20-27-26-12-6-7-17-32(26,29(23)31(28)34)18-19-33(27)30-24-10-4-2-8-21(24)13-14-22-9-3-5-11-25(22)30/h2-5,7-11,15-17,26-27,30,34H,6,12-14,18-20H2,1H3/t26-,27+,32+/m0/s1. The third-order valence-corrected chi connectivity index (χ3v) is 9.43. The number of phenolic OH excluding ortho intramolecular Hbond substituents is 1. The number of piperidine rings is 1. The molecule has 3 atom stereocenters. The Hall–Kier alpha value is -3.04. The molecule has 3 heteroatoms. The SMILES string of the molecule is COc1ccc2c(c1O)[C@@]13C=CCC[C@H]1[C@@H](C2)N(C1c2ccccc2CCc2ccccc21)CC3. The molecule has 7 rings (SSSR count). The van der Waals surface area contributed by atoms with Crippen LogP contribution in [0.15, 0.2) is 72.8 Å². The number of benzene rings is 3. The van der Waals surface area contributed by atoms with Crippen molar-refractivity contribution < 1.29 is 9.84 Å². The van der Waals surface area contributed by atoms with Crippen LogP contribution in [0.3, 0.4) is 0 Å². The Kier molecular flexibility index (Phi) is 4.86. The summed E-state index contributed by atoms with van der Waals surface area (Å²) in [7, 11) is 1.66. The van der Waals surface area contributed by atoms with E-state index in [4.69, 9.17) is 4.74 Å². The van der Waals surface area contributed by atoms with Crippen molar-refractivity contribution in [2.45, 2.75) is 56.0 Å². The summed E-state index contributed by atoms with van der Waals surface area (Å²) >= 11 is 0. The van der Waals surface area contributed by atoms with Crippen LogP contribution >= 0.6 is 0 Å². The average Bonchev–Trinajstić information content (AvgIpc) is 3.06. The van der Waals surface area contributed by atoms with Crippen molar-refractivity contribution in [3.05, 3.63) is 106 Å². The predicted molar refractivity (Wildman–Crippen MR) is 139 cm³/mol. The van der Waals surface area contributed by atoms with Crippen molar-refractivity contribution >= 4 is 0 Å². The van der Waals surface area contributed by atoms with Gasteiger partial charge in [0.15, 0.2) is 11.5 Å². The molecule has 1 N–H and O–H groups in total. The molecular formula is C32H33NO2. The lowest BCUT2D eigenvalue weighted by Crippen LogP contribution is -2.60. The van der Waals surface area contributed by atoms with Crippen molar-refractivity contribution in [1.82, 2.24) is 4.90 Å². The van der Waals surface area contributed by atoms with Gasteiger partial charge in [-0.1, -0.05) is 66.7 Å². The van der Waals surface area contributed by atoms with Gasteiger partial charge in [-0.3, -0.25) is 4.90 Å². The summed E-state index contributed by atoms with van der Waals surface area (Å²) in [5.74, 6) is 1.45. The molecule has 3 aliphatic carbocycles. The highest BCUT2D eigenvalue weighted by Crippen LogP contribution is 2.58. The lowest BCUT2D eigenvalue weighted by Gasteiger charge is -2.59. The Morgan fingerprint density at radius 3 is 2.34 bits per heavy atom. The van der Waals surface area contributed by atoms with Crippen molar-refractivity contribution in [3.63, 3.8) is 0 Å². The summed E-state index contributed by atoms with van der Waals surface area (Å²) in [4.78, 5) is 2.84. The minimum absolute atomic E-state index is 0.102. The molecule has 178 valence electrons. The molecule has 4 aliphatic rings. The van der Waals surface area contributed by atoms with Gasteiger partial charge in [-0.25, -0.2) is 0 Å². The van der Waals surface area contributed by atoms with Gasteiger partial charge >= 0.3 is 0 Å². The number of allylic oxidation sites excluding steroid dienone is 2. The molecule has 1 heterocycles. The topological polar surface area (TPSA) is 32.7 Å². The number of fused-ring (bicyclic) bond motifs is 3. The molecule has 3 nitrogen and oxygen atoms in total. The van der Waals surface area contributed by atoms with E-state index in [-0.39, 0.29) is 11.5 Å². The predicted octanol–water partition coefficient (Wildman–Crippen LogP) is 6.12. The number of hydrogen-bond donors (Lipinski definition) is 1. The largest absolute Gasteiger partial charge is 0.504 e. The minimum Gasteiger partial charge on any atom is -0.504 e. The monoisotopic (exact) mass is 463 g/mol. The zero-order valence-corrected chi connectivity index (χ0v) is 20.4. The van der Waals surface area contributed by atoms with Crippen LogP contribution in [-0.4, -0.2) is 29.7 Å². The summed E-state index contributed by atoms with van der Waals surface area (Å²) in [5, 5.41) is 11.3. The van der Waals surface area contributed by atoms with Crippen LogP contribution in [0.2, 0.25) is 0 Å². The van der Waals surface area contributed by atoms with Crippen LogP contribution in [0, 0.1) is 5.92 Å². The Labute approximate surface area is 208 Å². The van der Waals surface area contributed by atoms with E-state index in [2.05, 4.69) is 71.6 Å². The molecule has 0 saturated carbocycles. The lowest BCUT2D eigenvalue weighted by molar-refractivity contribution is 0.00581. The molecule has 2 bridgehead atoms. The van der Waals surface area contributed by atoms with Crippen LogP contribution in [0.25, 0.3) is 0 Å². The van der Waals surface area contributed by atoms with Gasteiger partial charge in [0.05, 0.1) is 13.2 Å². The first-order valence-electron chi connectivity index (χ1n) is 13.2. The highest BCUT2D eigenvalue weighted by atomic mass is 16.5. The van der Waals surface area contributed by atoms with Crippen molar-refractivity contribution in [1.29, 1.82) is 0 Å². The first-order valence-corrected chi connectivity index (χ1v) is 13.2. The van der Waals surface area contributed by atoms with E-state index in [1.54, 1.807) is 7.11 Å². The number of aryl methyl sites for hydroxylation is 2. The molecule has 0 radical (unpaired) electrons. The maximum absolute atomic E-state index is 11.3. The van der Waals surface area contributed by atoms with E-state index in [9.17, 15) is 5.11 Å². The molecule has 0 aromatic heterocycles. The van der Waals surface area contributed by atoms with Crippen molar-refractivity contribution in [3.8, 4) is 11.5 Å². The third kappa shape index (κ3) is 3.00. The smallest absolute Gasteiger partial charge is 0.162 e. The van der Waals surface area contributed by atoms with E-state index >= 15 is 0 Å². The van der Waals surface area contributed by atoms with Gasteiger partial charge in [-0.05, 0) is 78.3 Å². The van der Waals surface area contributed by atoms with E-state index < -0.39 is 0 Å². The van der Waals surface area contributed by atoms with Gasteiger partial charge in [0.25, 0.3) is 0 Å². The van der Waals surface area contributed by atoms with Gasteiger partial charge in [0.2, 0.25) is 0 Å². The molecule has 0 unspecified atom stereocenters. The Balaban J connectivity index is 1.41. The van der Waals surface area contributed by atoms with Crippen LogP contribution in [0.5, 0.6) is 11.5 Å². The van der Waals surface area contributed by atoms with Gasteiger partial charge in [-0.15, -0.1) is 0 Å². The second-order valence-corrected chi connectivity index (χ2v) is 10.8. The number of aromatic hydroxyl groups is 1. The maximum atomic E-state index is 11.3. The molecule has 3 aromatic carbocycles. The molecule has 1 saturated heterocycles. The third-order valence-electron chi connectivity index (χ3n) is 9.43. The highest BCUT2D eigenvalue weighted by Gasteiger charge is 2.55. The summed E-state index contributed by atoms with van der Waals surface area (Å²) in [6.07, 6.45) is 11.3. The van der Waals surface area contributed by atoms with Gasteiger partial charge < -0.3 is 9.84 Å². The van der Waals surface area contributed by atoms with Gasteiger partial charge in [0, 0.05) is 23.6 Å². The normalized spacial score (nSPS) is 27.2. The number of methoxy groups -OCH3 is 1. The van der Waals surface area contributed by atoms with E-state index in [0.29, 0.717) is 23.5 Å². The number of nitrogens with zero attached hydrogens (tertiary/aromatic N) is 1. The van der Waals surface area contributed by atoms with E-state index in [0.717, 1.165) is 44.2 Å². The maximum Gasteiger partial charge on any atom is 0.162 e. The van der Waals surface area contributed by atoms with E-state index in [1.807, 2.05) is 6.07 Å². The molecule has 1 fully saturated rings. The lowest BCUT2D eigenvalue weighted by atomic mass is 9.54. The summed E-state index contributed by atoms with van der Waals surface area (Å²) in [6, 6.07) is 23.2. The van der Waals surface area contributed by atoms with Crippen LogP contribution in [0.4, 0.5) is 0 Å². The number of hydrogen-bond acceptors (Lipinski definition) is 3. The minimum atomic E-state index is -0.102. The quantitative estimate of drug-likeness (QED) is 0.465. The van der Waals surface area contributed by atoms with Crippen LogP contribution in [0.1, 0.15) is 58.7 Å². The highest BCUT2D eigenvalue weighted by molar-refractivity contribution is 5.58. The first-order chi connectivity index (χ1) is 17.2. The zero-order valence-electron chi connectivity index (χ0n) is 20.4. The molecule has 0 spiro atoms. The number of ether oxygens (including phenoxy) is 1. The molecule has 0 amide bonds. The summed E-state index contributed by atoms with van der Waals surface area (Å²) in [6.45, 7) is 1.02. The molecule has 1 aliphatic heterocycles. The Bertz CT molecular complexity index is 1280. The molecule has 35 heavy (non-hydrogen) atoms. The fraction of sp³-hybridized carbons (Fsp3) is 0.375. The van der Waals surface area contributed by atoms with Crippen molar-refractivity contribution in [2.75, 3.05) is 13.7 Å². The summed E-state index contributed by atoms with van der Waals surface area (Å²) < 4.78 is 5.55. The van der Waals surface area contributed by atoms with Gasteiger partial charge in [0.1, 0.15) is 0 Å². The average molecular weight is 464 g/mol.